The molecule has 0 aliphatic rings. The maximum Gasteiger partial charge on any atom is 0.322 e. The highest BCUT2D eigenvalue weighted by molar-refractivity contribution is 5.93. The molecule has 0 bridgehead atoms. The summed E-state index contributed by atoms with van der Waals surface area (Å²) in [5, 5.41) is 7.33. The fourth-order valence-electron chi connectivity index (χ4n) is 1.24. The van der Waals surface area contributed by atoms with Gasteiger partial charge in [-0.3, -0.25) is 10.4 Å². The molecule has 0 radical (unpaired) electrons. The summed E-state index contributed by atoms with van der Waals surface area (Å²) in [6.45, 7) is 1.78. The molecule has 3 N–H and O–H groups in total. The molecule has 2 aromatic heterocycles. The summed E-state index contributed by atoms with van der Waals surface area (Å²) < 4.78 is 5.41. The number of nitrogens with two attached hydrogens (primary N) is 1. The number of ether oxygens (including phenoxy) is 1. The molecule has 6 heteroatoms. The Balaban J connectivity index is 2.30. The smallest absolute Gasteiger partial charge is 0.322 e. The van der Waals surface area contributed by atoms with E-state index in [2.05, 4.69) is 15.0 Å². The number of hydrogen-bond acceptors (Lipinski definition) is 5. The van der Waals surface area contributed by atoms with Crippen molar-refractivity contribution in [3.8, 4) is 11.8 Å². The van der Waals surface area contributed by atoms with E-state index in [0.29, 0.717) is 17.1 Å². The van der Waals surface area contributed by atoms with Crippen LogP contribution < -0.4 is 10.5 Å². The number of nitrogen functional groups attached to an aromatic ring is 1. The molecule has 0 saturated heterocycles. The second kappa shape index (κ2) is 4.56. The van der Waals surface area contributed by atoms with Gasteiger partial charge in [-0.05, 0) is 25.1 Å². The van der Waals surface area contributed by atoms with Crippen molar-refractivity contribution in [2.75, 3.05) is 0 Å². The summed E-state index contributed by atoms with van der Waals surface area (Å²) in [7, 11) is 0. The number of nitrogens with zero attached hydrogens (tertiary/aromatic N) is 3. The fourth-order valence-corrected chi connectivity index (χ4v) is 1.24. The molecule has 0 aliphatic heterocycles. The van der Waals surface area contributed by atoms with Gasteiger partial charge in [-0.25, -0.2) is 4.98 Å². The van der Waals surface area contributed by atoms with E-state index in [1.165, 1.54) is 0 Å². The lowest BCUT2D eigenvalue weighted by Gasteiger charge is -2.05. The second-order valence-corrected chi connectivity index (χ2v) is 3.38. The van der Waals surface area contributed by atoms with Crippen LogP contribution in [0.2, 0.25) is 0 Å². The molecule has 0 aliphatic carbocycles. The third-order valence-electron chi connectivity index (χ3n) is 1.95. The molecule has 2 rings (SSSR count). The first-order valence-corrected chi connectivity index (χ1v) is 4.93. The molecule has 86 valence electrons. The molecule has 0 spiro atoms. The van der Waals surface area contributed by atoms with Crippen LogP contribution in [-0.2, 0) is 0 Å². The third kappa shape index (κ3) is 2.75. The molecule has 0 fully saturated rings. The lowest BCUT2D eigenvalue weighted by molar-refractivity contribution is 0.438. The molecule has 0 unspecified atom stereocenters. The maximum absolute atomic E-state index is 7.33. The van der Waals surface area contributed by atoms with E-state index in [1.54, 1.807) is 37.5 Å². The van der Waals surface area contributed by atoms with Crippen molar-refractivity contribution in [3.63, 3.8) is 0 Å². The lowest BCUT2D eigenvalue weighted by atomic mass is 10.3. The van der Waals surface area contributed by atoms with E-state index in [-0.39, 0.29) is 11.8 Å². The number of nitrogens with one attached hydrogen (secondary N) is 1. The Bertz CT molecular complexity index is 541. The van der Waals surface area contributed by atoms with E-state index >= 15 is 0 Å². The van der Waals surface area contributed by atoms with Crippen LogP contribution in [-0.4, -0.2) is 20.8 Å². The number of hydrogen-bond donors (Lipinski definition) is 2. The van der Waals surface area contributed by atoms with Crippen LogP contribution in [0.4, 0.5) is 0 Å². The Kier molecular flexibility index (Phi) is 2.95. The van der Waals surface area contributed by atoms with Crippen molar-refractivity contribution in [1.29, 1.82) is 5.41 Å². The van der Waals surface area contributed by atoms with Gasteiger partial charge in [0.05, 0.1) is 6.20 Å². The first-order chi connectivity index (χ1) is 8.15. The van der Waals surface area contributed by atoms with Gasteiger partial charge in [-0.15, -0.1) is 0 Å². The van der Waals surface area contributed by atoms with Crippen LogP contribution in [0.1, 0.15) is 11.4 Å². The normalized spacial score (nSPS) is 9.94. The van der Waals surface area contributed by atoms with Crippen molar-refractivity contribution in [1.82, 2.24) is 15.0 Å². The van der Waals surface area contributed by atoms with Crippen LogP contribution in [0, 0.1) is 12.3 Å². The highest BCUT2D eigenvalue weighted by atomic mass is 16.5. The van der Waals surface area contributed by atoms with Gasteiger partial charge in [0.2, 0.25) is 0 Å². The molecule has 0 aromatic carbocycles. The summed E-state index contributed by atoms with van der Waals surface area (Å²) in [6, 6.07) is 5.27. The minimum atomic E-state index is -0.119. The third-order valence-corrected chi connectivity index (χ3v) is 1.95. The number of aromatic nitrogens is 3. The Morgan fingerprint density at radius 3 is 2.88 bits per heavy atom. The molecule has 17 heavy (non-hydrogen) atoms. The first kappa shape index (κ1) is 11.0. The molecule has 6 nitrogen and oxygen atoms in total. The van der Waals surface area contributed by atoms with Gasteiger partial charge in [0.25, 0.3) is 0 Å². The van der Waals surface area contributed by atoms with Gasteiger partial charge in [0, 0.05) is 11.9 Å². The van der Waals surface area contributed by atoms with E-state index in [1.807, 2.05) is 0 Å². The van der Waals surface area contributed by atoms with Crippen LogP contribution >= 0.6 is 0 Å². The number of amidine groups is 1. The topological polar surface area (TPSA) is 97.8 Å². The lowest BCUT2D eigenvalue weighted by Crippen LogP contribution is -2.14. The largest absolute Gasteiger partial charge is 0.423 e. The van der Waals surface area contributed by atoms with E-state index in [9.17, 15) is 0 Å². The van der Waals surface area contributed by atoms with Crippen LogP contribution in [0.25, 0.3) is 0 Å². The van der Waals surface area contributed by atoms with E-state index < -0.39 is 0 Å². The Labute approximate surface area is 98.0 Å². The standard InChI is InChI=1S/C11H11N5O/c1-7-5-9(10(12)13)16-11(15-7)17-8-3-2-4-14-6-8/h2-6H,1H3,(H3,12,13). The van der Waals surface area contributed by atoms with Gasteiger partial charge in [0.1, 0.15) is 17.3 Å². The van der Waals surface area contributed by atoms with Crippen LogP contribution in [0.3, 0.4) is 0 Å². The molecular weight excluding hydrogens is 218 g/mol. The van der Waals surface area contributed by atoms with Gasteiger partial charge in [-0.2, -0.15) is 4.98 Å². The van der Waals surface area contributed by atoms with Gasteiger partial charge in [-0.1, -0.05) is 0 Å². The van der Waals surface area contributed by atoms with Crippen molar-refractivity contribution >= 4 is 5.84 Å². The van der Waals surface area contributed by atoms with Crippen molar-refractivity contribution in [2.24, 2.45) is 5.73 Å². The quantitative estimate of drug-likeness (QED) is 0.609. The molecular formula is C11H11N5O. The van der Waals surface area contributed by atoms with Gasteiger partial charge >= 0.3 is 6.01 Å². The van der Waals surface area contributed by atoms with Gasteiger partial charge in [0.15, 0.2) is 0 Å². The number of aryl methyl sites for hydroxylation is 1. The zero-order valence-electron chi connectivity index (χ0n) is 9.21. The van der Waals surface area contributed by atoms with E-state index in [4.69, 9.17) is 15.9 Å². The molecule has 2 heterocycles. The highest BCUT2D eigenvalue weighted by Gasteiger charge is 2.06. The monoisotopic (exact) mass is 229 g/mol. The summed E-state index contributed by atoms with van der Waals surface area (Å²) in [5.74, 6) is 0.416. The summed E-state index contributed by atoms with van der Waals surface area (Å²) in [5.41, 5.74) is 6.40. The zero-order chi connectivity index (χ0) is 12.3. The van der Waals surface area contributed by atoms with Crippen LogP contribution in [0.5, 0.6) is 11.8 Å². The Morgan fingerprint density at radius 2 is 2.24 bits per heavy atom. The maximum atomic E-state index is 7.33. The average molecular weight is 229 g/mol. The van der Waals surface area contributed by atoms with Crippen LogP contribution in [0.15, 0.2) is 30.6 Å². The number of rotatable bonds is 3. The summed E-state index contributed by atoms with van der Waals surface area (Å²) in [4.78, 5) is 12.0. The summed E-state index contributed by atoms with van der Waals surface area (Å²) in [6.07, 6.45) is 3.20. The van der Waals surface area contributed by atoms with Crippen molar-refractivity contribution < 1.29 is 4.74 Å². The number of pyridine rings is 1. The van der Waals surface area contributed by atoms with Crippen molar-refractivity contribution in [2.45, 2.75) is 6.92 Å². The zero-order valence-corrected chi connectivity index (χ0v) is 9.21. The van der Waals surface area contributed by atoms with Gasteiger partial charge < -0.3 is 10.5 Å². The Morgan fingerprint density at radius 1 is 1.41 bits per heavy atom. The SMILES string of the molecule is Cc1cc(C(=N)N)nc(Oc2cccnc2)n1. The minimum absolute atomic E-state index is 0.119. The minimum Gasteiger partial charge on any atom is -0.423 e. The molecule has 0 atom stereocenters. The van der Waals surface area contributed by atoms with Crippen molar-refractivity contribution in [3.05, 3.63) is 42.0 Å². The average Bonchev–Trinajstić information content (AvgIpc) is 2.29. The highest BCUT2D eigenvalue weighted by Crippen LogP contribution is 2.16. The molecule has 2 aromatic rings. The first-order valence-electron chi connectivity index (χ1n) is 4.93. The fraction of sp³-hybridized carbons (Fsp3) is 0.0909. The molecule has 0 saturated carbocycles. The Hall–Kier alpha value is -2.50. The predicted molar refractivity (Wildman–Crippen MR) is 62.1 cm³/mol. The summed E-state index contributed by atoms with van der Waals surface area (Å²) >= 11 is 0. The predicted octanol–water partition coefficient (Wildman–Crippen LogP) is 1.26. The molecule has 0 amide bonds. The van der Waals surface area contributed by atoms with E-state index in [0.717, 1.165) is 0 Å². The second-order valence-electron chi connectivity index (χ2n) is 3.38.